The van der Waals surface area contributed by atoms with Gasteiger partial charge in [0.2, 0.25) is 5.95 Å². The molecule has 1 unspecified atom stereocenters. The predicted molar refractivity (Wildman–Crippen MR) is 116 cm³/mol. The monoisotopic (exact) mass is 467 g/mol. The van der Waals surface area contributed by atoms with E-state index in [-0.39, 0.29) is 23.7 Å². The Morgan fingerprint density at radius 2 is 2.12 bits per heavy atom. The fourth-order valence-electron chi connectivity index (χ4n) is 3.57. The van der Waals surface area contributed by atoms with E-state index in [1.54, 1.807) is 6.92 Å². The number of rotatable bonds is 7. The van der Waals surface area contributed by atoms with Crippen LogP contribution in [0.4, 0.5) is 24.8 Å². The summed E-state index contributed by atoms with van der Waals surface area (Å²) in [7, 11) is 0. The van der Waals surface area contributed by atoms with Gasteiger partial charge in [-0.1, -0.05) is 18.5 Å². The lowest BCUT2D eigenvalue weighted by atomic mass is 9.87. The zero-order chi connectivity index (χ0) is 23.3. The summed E-state index contributed by atoms with van der Waals surface area (Å²) in [4.78, 5) is 22.4. The first-order valence-electron chi connectivity index (χ1n) is 9.68. The summed E-state index contributed by atoms with van der Waals surface area (Å²) in [6.45, 7) is 0.917. The van der Waals surface area contributed by atoms with Gasteiger partial charge in [-0.2, -0.15) is 5.10 Å². The minimum absolute atomic E-state index is 0.106. The summed E-state index contributed by atoms with van der Waals surface area (Å²) < 4.78 is 42.7. The van der Waals surface area contributed by atoms with Gasteiger partial charge < -0.3 is 15.6 Å². The number of hydrazone groups is 1. The van der Waals surface area contributed by atoms with E-state index in [0.717, 1.165) is 29.5 Å². The molecule has 0 bridgehead atoms. The fraction of sp³-hybridized carbons (Fsp3) is 0.350. The molecule has 0 radical (unpaired) electrons. The van der Waals surface area contributed by atoms with Gasteiger partial charge in [-0.05, 0) is 24.1 Å². The van der Waals surface area contributed by atoms with Gasteiger partial charge in [-0.3, -0.25) is 10.2 Å². The third kappa shape index (κ3) is 5.72. The molecule has 0 spiro atoms. The number of piperidine rings is 1. The highest BCUT2D eigenvalue weighted by Crippen LogP contribution is 2.36. The van der Waals surface area contributed by atoms with Crippen LogP contribution < -0.4 is 10.7 Å². The minimum atomic E-state index is -3.10. The third-order valence-electron chi connectivity index (χ3n) is 4.98. The fourth-order valence-corrected chi connectivity index (χ4v) is 3.67. The number of alkyl halides is 2. The average molecular weight is 468 g/mol. The van der Waals surface area contributed by atoms with Crippen LogP contribution in [0.15, 0.2) is 35.7 Å². The molecule has 1 fully saturated rings. The van der Waals surface area contributed by atoms with E-state index in [0.29, 0.717) is 5.02 Å². The molecular formula is C20H21ClF3N7O. The number of anilines is 2. The maximum atomic E-state index is 14.4. The molecule has 1 aromatic heterocycles. The van der Waals surface area contributed by atoms with E-state index < -0.39 is 42.6 Å². The van der Waals surface area contributed by atoms with E-state index in [1.807, 2.05) is 0 Å². The molecular weight excluding hydrogens is 447 g/mol. The molecule has 2 heterocycles. The lowest BCUT2D eigenvalue weighted by Gasteiger charge is -2.43. The van der Waals surface area contributed by atoms with Gasteiger partial charge in [0.1, 0.15) is 5.82 Å². The molecule has 1 aliphatic rings. The number of hydrogen-bond donors (Lipinski definition) is 3. The minimum Gasteiger partial charge on any atom is -0.352 e. The Morgan fingerprint density at radius 1 is 1.41 bits per heavy atom. The lowest BCUT2D eigenvalue weighted by molar-refractivity contribution is -0.0897. The quantitative estimate of drug-likeness (QED) is 0.423. The van der Waals surface area contributed by atoms with E-state index in [1.165, 1.54) is 18.5 Å². The predicted octanol–water partition coefficient (Wildman–Crippen LogP) is 3.91. The maximum absolute atomic E-state index is 14.4. The third-order valence-corrected chi connectivity index (χ3v) is 5.17. The van der Waals surface area contributed by atoms with Crippen LogP contribution in [0.5, 0.6) is 0 Å². The molecule has 1 amide bonds. The average Bonchev–Trinajstić information content (AvgIpc) is 2.74. The van der Waals surface area contributed by atoms with E-state index >= 15 is 0 Å². The Balaban J connectivity index is 1.89. The Morgan fingerprint density at radius 3 is 2.81 bits per heavy atom. The summed E-state index contributed by atoms with van der Waals surface area (Å²) in [6.07, 6.45) is 4.40. The standard InChI is InChI=1S/C20H21ClF3N7O/c1-12-7-20(23,24)11-31(17(12)10-28-19-26-8-13(21)9-27-19)18(32)15-6-14(22)2-3-16(15)30-29-5-4-25/h2-6,8-9,12,17,25,30H,7,10-11H2,1H3,(H,26,27,28)/b25-4?,29-5-/t12-,17?/m1/s1. The molecule has 3 rings (SSSR count). The summed E-state index contributed by atoms with van der Waals surface area (Å²) in [6, 6.07) is 2.73. The van der Waals surface area contributed by atoms with Gasteiger partial charge in [0.15, 0.2) is 0 Å². The van der Waals surface area contributed by atoms with Gasteiger partial charge in [0, 0.05) is 19.2 Å². The van der Waals surface area contributed by atoms with Gasteiger partial charge in [0.05, 0.1) is 47.5 Å². The number of carbonyl (C=O) groups is 1. The van der Waals surface area contributed by atoms with Crippen molar-refractivity contribution in [3.63, 3.8) is 0 Å². The van der Waals surface area contributed by atoms with Crippen molar-refractivity contribution < 1.29 is 18.0 Å². The zero-order valence-corrected chi connectivity index (χ0v) is 17.8. The maximum Gasteiger partial charge on any atom is 0.265 e. The molecule has 12 heteroatoms. The van der Waals surface area contributed by atoms with Crippen LogP contribution in [0.1, 0.15) is 23.7 Å². The van der Waals surface area contributed by atoms with Gasteiger partial charge in [0.25, 0.3) is 11.8 Å². The Bertz CT molecular complexity index is 1000. The normalized spacial score (nSPS) is 20.2. The second kappa shape index (κ2) is 9.94. The second-order valence-electron chi connectivity index (χ2n) is 7.39. The second-order valence-corrected chi connectivity index (χ2v) is 7.83. The molecule has 32 heavy (non-hydrogen) atoms. The van der Waals surface area contributed by atoms with Gasteiger partial charge >= 0.3 is 0 Å². The van der Waals surface area contributed by atoms with Crippen molar-refractivity contribution in [1.82, 2.24) is 14.9 Å². The molecule has 2 aromatic rings. The van der Waals surface area contributed by atoms with Crippen molar-refractivity contribution in [2.75, 3.05) is 23.8 Å². The molecule has 170 valence electrons. The number of nitrogens with one attached hydrogen (secondary N) is 3. The lowest BCUT2D eigenvalue weighted by Crippen LogP contribution is -2.57. The van der Waals surface area contributed by atoms with Crippen LogP contribution >= 0.6 is 11.6 Å². The molecule has 1 aliphatic heterocycles. The SMILES string of the molecule is C[C@@H]1CC(F)(F)CN(C(=O)c2cc(F)ccc2N/N=C\C=N)C1CNc1ncc(Cl)cn1. The molecule has 3 N–H and O–H groups in total. The smallest absolute Gasteiger partial charge is 0.265 e. The number of carbonyl (C=O) groups excluding carboxylic acids is 1. The highest BCUT2D eigenvalue weighted by atomic mass is 35.5. The molecule has 1 saturated heterocycles. The summed E-state index contributed by atoms with van der Waals surface area (Å²) in [5.74, 6) is -4.89. The number of amides is 1. The first-order valence-corrected chi connectivity index (χ1v) is 10.1. The number of hydrogen-bond acceptors (Lipinski definition) is 7. The largest absolute Gasteiger partial charge is 0.352 e. The van der Waals surface area contributed by atoms with Gasteiger partial charge in [-0.25, -0.2) is 23.1 Å². The Hall–Kier alpha value is -3.21. The van der Waals surface area contributed by atoms with Gasteiger partial charge in [-0.15, -0.1) is 0 Å². The van der Waals surface area contributed by atoms with Crippen molar-refractivity contribution in [3.05, 3.63) is 47.0 Å². The van der Waals surface area contributed by atoms with Crippen LogP contribution in [0.3, 0.4) is 0 Å². The zero-order valence-electron chi connectivity index (χ0n) is 17.0. The highest BCUT2D eigenvalue weighted by molar-refractivity contribution is 6.30. The Labute approximate surface area is 187 Å². The summed E-state index contributed by atoms with van der Waals surface area (Å²) >= 11 is 5.77. The van der Waals surface area contributed by atoms with Crippen molar-refractivity contribution in [1.29, 1.82) is 5.41 Å². The topological polar surface area (TPSA) is 106 Å². The van der Waals surface area contributed by atoms with E-state index in [9.17, 15) is 18.0 Å². The molecule has 0 saturated carbocycles. The molecule has 2 atom stereocenters. The van der Waals surface area contributed by atoms with Crippen molar-refractivity contribution in [2.24, 2.45) is 11.0 Å². The Kier molecular flexibility index (Phi) is 7.29. The number of benzene rings is 1. The molecule has 8 nitrogen and oxygen atoms in total. The van der Waals surface area contributed by atoms with Crippen LogP contribution in [-0.2, 0) is 0 Å². The van der Waals surface area contributed by atoms with Crippen LogP contribution in [0.2, 0.25) is 5.02 Å². The van der Waals surface area contributed by atoms with Crippen molar-refractivity contribution >= 4 is 41.6 Å². The van der Waals surface area contributed by atoms with E-state index in [2.05, 4.69) is 25.8 Å². The van der Waals surface area contributed by atoms with Crippen LogP contribution in [0, 0.1) is 17.1 Å². The highest BCUT2D eigenvalue weighted by Gasteiger charge is 2.46. The first kappa shape index (κ1) is 23.5. The van der Waals surface area contributed by atoms with Crippen LogP contribution in [0.25, 0.3) is 0 Å². The summed E-state index contributed by atoms with van der Waals surface area (Å²) in [5, 5.41) is 14.0. The van der Waals surface area contributed by atoms with Crippen LogP contribution in [-0.4, -0.2) is 58.3 Å². The molecule has 1 aromatic carbocycles. The number of aromatic nitrogens is 2. The van der Waals surface area contributed by atoms with E-state index in [4.69, 9.17) is 17.0 Å². The summed E-state index contributed by atoms with van der Waals surface area (Å²) in [5.41, 5.74) is 2.52. The van der Waals surface area contributed by atoms with Crippen molar-refractivity contribution in [3.8, 4) is 0 Å². The number of halogens is 4. The first-order chi connectivity index (χ1) is 15.2. The number of likely N-dealkylation sites (tertiary alicyclic amines) is 1. The van der Waals surface area contributed by atoms with Crippen molar-refractivity contribution in [2.45, 2.75) is 25.3 Å². The molecule has 0 aliphatic carbocycles. The number of nitrogens with zero attached hydrogens (tertiary/aromatic N) is 4.